The number of amides is 1. The van der Waals surface area contributed by atoms with E-state index in [0.29, 0.717) is 15.5 Å². The monoisotopic (exact) mass is 189 g/mol. The van der Waals surface area contributed by atoms with E-state index >= 15 is 0 Å². The molecule has 1 aromatic carbocycles. The molecule has 0 aliphatic heterocycles. The lowest BCUT2D eigenvalue weighted by atomic mass is 10.2. The van der Waals surface area contributed by atoms with Gasteiger partial charge in [-0.1, -0.05) is 18.2 Å². The van der Waals surface area contributed by atoms with Gasteiger partial charge in [0.25, 0.3) is 5.56 Å². The van der Waals surface area contributed by atoms with Crippen LogP contribution in [0.3, 0.4) is 0 Å². The van der Waals surface area contributed by atoms with Crippen LogP contribution in [0.2, 0.25) is 0 Å². The number of hydrogen-bond acceptors (Lipinski definition) is 3. The molecular formula is C9H7N3O2. The van der Waals surface area contributed by atoms with Crippen molar-refractivity contribution in [3.05, 3.63) is 40.8 Å². The number of nitrogens with zero attached hydrogens (tertiary/aromatic N) is 2. The molecule has 5 heteroatoms. The van der Waals surface area contributed by atoms with E-state index in [9.17, 15) is 9.59 Å². The van der Waals surface area contributed by atoms with E-state index in [1.165, 1.54) is 6.20 Å². The molecule has 0 aliphatic carbocycles. The van der Waals surface area contributed by atoms with Crippen molar-refractivity contribution in [2.24, 2.45) is 5.73 Å². The molecule has 2 aromatic rings. The Morgan fingerprint density at radius 2 is 2.07 bits per heavy atom. The second kappa shape index (κ2) is 2.95. The smallest absolute Gasteiger partial charge is 0.342 e. The van der Waals surface area contributed by atoms with E-state index in [0.717, 1.165) is 0 Å². The van der Waals surface area contributed by atoms with Crippen molar-refractivity contribution in [1.29, 1.82) is 0 Å². The summed E-state index contributed by atoms with van der Waals surface area (Å²) in [6, 6.07) is 6.00. The first-order valence-corrected chi connectivity index (χ1v) is 3.97. The maximum Gasteiger partial charge on any atom is 0.342 e. The SMILES string of the molecule is NC(=O)n1ncc2ccccc2c1=O. The van der Waals surface area contributed by atoms with Crippen molar-refractivity contribution in [2.75, 3.05) is 0 Å². The predicted octanol–water partition coefficient (Wildman–Crippen LogP) is 0.323. The van der Waals surface area contributed by atoms with Gasteiger partial charge in [0.2, 0.25) is 0 Å². The average Bonchev–Trinajstić information content (AvgIpc) is 2.18. The zero-order chi connectivity index (χ0) is 10.1. The first kappa shape index (κ1) is 8.43. The molecule has 0 bridgehead atoms. The van der Waals surface area contributed by atoms with Crippen molar-refractivity contribution in [1.82, 2.24) is 9.78 Å². The topological polar surface area (TPSA) is 78.0 Å². The van der Waals surface area contributed by atoms with Crippen LogP contribution in [-0.2, 0) is 0 Å². The predicted molar refractivity (Wildman–Crippen MR) is 51.0 cm³/mol. The van der Waals surface area contributed by atoms with Crippen LogP contribution >= 0.6 is 0 Å². The Hall–Kier alpha value is -2.17. The van der Waals surface area contributed by atoms with Crippen molar-refractivity contribution in [3.63, 3.8) is 0 Å². The number of primary amides is 1. The van der Waals surface area contributed by atoms with Crippen molar-refractivity contribution in [2.45, 2.75) is 0 Å². The van der Waals surface area contributed by atoms with Crippen LogP contribution in [0.4, 0.5) is 4.79 Å². The van der Waals surface area contributed by atoms with Gasteiger partial charge in [0, 0.05) is 5.39 Å². The summed E-state index contributed by atoms with van der Waals surface area (Å²) in [6.45, 7) is 0. The molecule has 0 unspecified atom stereocenters. The first-order valence-electron chi connectivity index (χ1n) is 3.97. The number of carbonyl (C=O) groups excluding carboxylic acids is 1. The molecule has 2 N–H and O–H groups in total. The summed E-state index contributed by atoms with van der Waals surface area (Å²) >= 11 is 0. The normalized spacial score (nSPS) is 10.3. The average molecular weight is 189 g/mol. The van der Waals surface area contributed by atoms with Crippen LogP contribution in [-0.4, -0.2) is 15.8 Å². The Bertz CT molecular complexity index is 559. The molecule has 1 amide bonds. The number of hydrogen-bond donors (Lipinski definition) is 1. The number of aromatic nitrogens is 2. The summed E-state index contributed by atoms with van der Waals surface area (Å²) in [6.07, 6.45) is 1.43. The number of rotatable bonds is 0. The highest BCUT2D eigenvalue weighted by molar-refractivity contribution is 5.83. The number of fused-ring (bicyclic) bond motifs is 1. The fourth-order valence-electron chi connectivity index (χ4n) is 1.25. The highest BCUT2D eigenvalue weighted by atomic mass is 16.2. The first-order chi connectivity index (χ1) is 6.70. The molecular weight excluding hydrogens is 182 g/mol. The minimum atomic E-state index is -0.874. The molecule has 0 fully saturated rings. The van der Waals surface area contributed by atoms with Crippen LogP contribution < -0.4 is 11.3 Å². The van der Waals surface area contributed by atoms with Gasteiger partial charge in [-0.3, -0.25) is 4.79 Å². The minimum Gasteiger partial charge on any atom is -0.350 e. The Kier molecular flexibility index (Phi) is 1.78. The standard InChI is InChI=1S/C9H7N3O2/c10-9(14)12-8(13)7-4-2-1-3-6(7)5-11-12/h1-5H,(H2,10,14). The van der Waals surface area contributed by atoms with E-state index in [4.69, 9.17) is 5.73 Å². The lowest BCUT2D eigenvalue weighted by molar-refractivity contribution is 0.246. The molecule has 0 saturated heterocycles. The van der Waals surface area contributed by atoms with E-state index < -0.39 is 11.6 Å². The largest absolute Gasteiger partial charge is 0.350 e. The van der Waals surface area contributed by atoms with Crippen LogP contribution in [0.5, 0.6) is 0 Å². The lowest BCUT2D eigenvalue weighted by Crippen LogP contribution is -2.33. The van der Waals surface area contributed by atoms with Gasteiger partial charge in [0.05, 0.1) is 11.6 Å². The third-order valence-corrected chi connectivity index (χ3v) is 1.90. The second-order valence-corrected chi connectivity index (χ2v) is 2.79. The van der Waals surface area contributed by atoms with E-state index in [2.05, 4.69) is 5.10 Å². The Labute approximate surface area is 78.8 Å². The van der Waals surface area contributed by atoms with Crippen LogP contribution in [0.1, 0.15) is 0 Å². The molecule has 2 rings (SSSR count). The molecule has 0 radical (unpaired) electrons. The maximum absolute atomic E-state index is 11.6. The van der Waals surface area contributed by atoms with Crippen LogP contribution in [0, 0.1) is 0 Å². The van der Waals surface area contributed by atoms with Gasteiger partial charge in [-0.25, -0.2) is 4.79 Å². The zero-order valence-electron chi connectivity index (χ0n) is 7.18. The fraction of sp³-hybridized carbons (Fsp3) is 0. The summed E-state index contributed by atoms with van der Waals surface area (Å²) in [4.78, 5) is 22.4. The van der Waals surface area contributed by atoms with Crippen molar-refractivity contribution >= 4 is 16.8 Å². The molecule has 14 heavy (non-hydrogen) atoms. The number of nitrogens with two attached hydrogens (primary N) is 1. The minimum absolute atomic E-state index is 0.432. The van der Waals surface area contributed by atoms with Gasteiger partial charge < -0.3 is 5.73 Å². The molecule has 5 nitrogen and oxygen atoms in total. The van der Waals surface area contributed by atoms with E-state index in [1.54, 1.807) is 24.3 Å². The van der Waals surface area contributed by atoms with Gasteiger partial charge in [-0.2, -0.15) is 5.10 Å². The third-order valence-electron chi connectivity index (χ3n) is 1.90. The molecule has 0 atom stereocenters. The summed E-state index contributed by atoms with van der Waals surface area (Å²) in [5.41, 5.74) is 4.48. The highest BCUT2D eigenvalue weighted by Gasteiger charge is 2.06. The van der Waals surface area contributed by atoms with Gasteiger partial charge in [0.15, 0.2) is 0 Å². The number of carbonyl (C=O) groups is 1. The second-order valence-electron chi connectivity index (χ2n) is 2.79. The molecule has 70 valence electrons. The van der Waals surface area contributed by atoms with Gasteiger partial charge >= 0.3 is 6.03 Å². The van der Waals surface area contributed by atoms with Crippen LogP contribution in [0.25, 0.3) is 10.8 Å². The summed E-state index contributed by atoms with van der Waals surface area (Å²) in [5, 5.41) is 4.76. The molecule has 1 heterocycles. The quantitative estimate of drug-likeness (QED) is 0.648. The van der Waals surface area contributed by atoms with E-state index in [1.807, 2.05) is 0 Å². The number of benzene rings is 1. The molecule has 0 saturated carbocycles. The third kappa shape index (κ3) is 1.15. The van der Waals surface area contributed by atoms with Crippen molar-refractivity contribution < 1.29 is 4.79 Å². The van der Waals surface area contributed by atoms with Crippen molar-refractivity contribution in [3.8, 4) is 0 Å². The lowest BCUT2D eigenvalue weighted by Gasteiger charge is -1.99. The Morgan fingerprint density at radius 3 is 2.79 bits per heavy atom. The Morgan fingerprint density at radius 1 is 1.36 bits per heavy atom. The van der Waals surface area contributed by atoms with Gasteiger partial charge in [-0.15, -0.1) is 4.68 Å². The van der Waals surface area contributed by atoms with E-state index in [-0.39, 0.29) is 0 Å². The van der Waals surface area contributed by atoms with Gasteiger partial charge in [0.1, 0.15) is 0 Å². The summed E-state index contributed by atoms with van der Waals surface area (Å²) in [7, 11) is 0. The Balaban J connectivity index is 2.89. The summed E-state index contributed by atoms with van der Waals surface area (Å²) < 4.78 is 0.641. The summed E-state index contributed by atoms with van der Waals surface area (Å²) in [5.74, 6) is 0. The molecule has 0 spiro atoms. The fourth-order valence-corrected chi connectivity index (χ4v) is 1.25. The highest BCUT2D eigenvalue weighted by Crippen LogP contribution is 2.05. The van der Waals surface area contributed by atoms with Crippen LogP contribution in [0.15, 0.2) is 35.3 Å². The molecule has 0 aliphatic rings. The molecule has 1 aromatic heterocycles. The van der Waals surface area contributed by atoms with Gasteiger partial charge in [-0.05, 0) is 6.07 Å². The zero-order valence-corrected chi connectivity index (χ0v) is 7.18. The maximum atomic E-state index is 11.6.